The quantitative estimate of drug-likeness (QED) is 0.454. The molecule has 0 unspecified atom stereocenters. The molecule has 0 saturated carbocycles. The van der Waals surface area contributed by atoms with E-state index in [0.29, 0.717) is 36.4 Å². The number of anilines is 1. The number of halogens is 1. The van der Waals surface area contributed by atoms with E-state index in [0.717, 1.165) is 36.3 Å². The van der Waals surface area contributed by atoms with Gasteiger partial charge in [-0.15, -0.1) is 0 Å². The van der Waals surface area contributed by atoms with Gasteiger partial charge in [0.2, 0.25) is 5.88 Å². The second-order valence-electron chi connectivity index (χ2n) is 8.99. The number of amides is 1. The van der Waals surface area contributed by atoms with Crippen molar-refractivity contribution in [3.8, 4) is 5.88 Å². The van der Waals surface area contributed by atoms with Gasteiger partial charge in [-0.05, 0) is 33.3 Å². The zero-order valence-corrected chi connectivity index (χ0v) is 20.2. The van der Waals surface area contributed by atoms with Crippen LogP contribution in [0.3, 0.4) is 0 Å². The Morgan fingerprint density at radius 3 is 2.72 bits per heavy atom. The van der Waals surface area contributed by atoms with Crippen molar-refractivity contribution in [2.45, 2.75) is 45.3 Å². The van der Waals surface area contributed by atoms with Crippen molar-refractivity contribution >= 4 is 29.2 Å². The van der Waals surface area contributed by atoms with Crippen LogP contribution in [0.25, 0.3) is 0 Å². The number of nitrogens with zero attached hydrogens (tertiary/aromatic N) is 3. The number of amidine groups is 1. The van der Waals surface area contributed by atoms with E-state index in [1.54, 1.807) is 11.1 Å². The molecule has 1 fully saturated rings. The number of ether oxygens (including phenoxy) is 2. The fourth-order valence-electron chi connectivity index (χ4n) is 3.89. The molecule has 1 saturated heterocycles. The van der Waals surface area contributed by atoms with Crippen LogP contribution in [-0.4, -0.2) is 73.8 Å². The van der Waals surface area contributed by atoms with Gasteiger partial charge < -0.3 is 29.9 Å². The summed E-state index contributed by atoms with van der Waals surface area (Å²) in [4.78, 5) is 20.4. The fraction of sp³-hybridized carbons (Fsp3) is 0.591. The molecular weight excluding hydrogens is 432 g/mol. The molecule has 32 heavy (non-hydrogen) atoms. The molecule has 1 amide bonds. The lowest BCUT2D eigenvalue weighted by Gasteiger charge is -2.33. The number of likely N-dealkylation sites (tertiary alicyclic amines) is 1. The molecule has 9 nitrogen and oxygen atoms in total. The van der Waals surface area contributed by atoms with Crippen molar-refractivity contribution in [1.82, 2.24) is 20.5 Å². The highest BCUT2D eigenvalue weighted by molar-refractivity contribution is 6.32. The van der Waals surface area contributed by atoms with Gasteiger partial charge in [0.15, 0.2) is 0 Å². The summed E-state index contributed by atoms with van der Waals surface area (Å²) in [5.74, 6) is 0.756. The number of carbonyl (C=O) groups is 1. The predicted octanol–water partition coefficient (Wildman–Crippen LogP) is 3.00. The van der Waals surface area contributed by atoms with Crippen LogP contribution in [-0.2, 0) is 4.74 Å². The van der Waals surface area contributed by atoms with Crippen molar-refractivity contribution in [3.05, 3.63) is 28.6 Å². The molecule has 0 bridgehead atoms. The summed E-state index contributed by atoms with van der Waals surface area (Å²) in [6.45, 7) is 8.04. The van der Waals surface area contributed by atoms with Crippen molar-refractivity contribution in [1.29, 1.82) is 5.41 Å². The number of rotatable bonds is 5. The average Bonchev–Trinajstić information content (AvgIpc) is 3.20. The number of pyridine rings is 1. The maximum Gasteiger partial charge on any atom is 0.410 e. The van der Waals surface area contributed by atoms with Crippen LogP contribution < -0.4 is 20.3 Å². The van der Waals surface area contributed by atoms with Crippen LogP contribution in [0.2, 0.25) is 5.02 Å². The molecule has 0 aromatic carbocycles. The highest BCUT2D eigenvalue weighted by Gasteiger charge is 2.31. The largest absolute Gasteiger partial charge is 0.480 e. The molecule has 0 radical (unpaired) electrons. The van der Waals surface area contributed by atoms with E-state index in [9.17, 15) is 4.79 Å². The minimum atomic E-state index is -0.521. The van der Waals surface area contributed by atoms with Gasteiger partial charge in [-0.2, -0.15) is 0 Å². The minimum Gasteiger partial charge on any atom is -0.480 e. The van der Waals surface area contributed by atoms with E-state index in [-0.39, 0.29) is 12.1 Å². The maximum atomic E-state index is 12.3. The first-order chi connectivity index (χ1) is 15.1. The van der Waals surface area contributed by atoms with Gasteiger partial charge in [-0.1, -0.05) is 11.6 Å². The lowest BCUT2D eigenvalue weighted by atomic mass is 10.0. The number of hydrogen-bond donors (Lipinski definition) is 3. The Labute approximate surface area is 194 Å². The highest BCUT2D eigenvalue weighted by Crippen LogP contribution is 2.29. The van der Waals surface area contributed by atoms with Crippen molar-refractivity contribution in [2.75, 3.05) is 45.2 Å². The Kier molecular flexibility index (Phi) is 7.38. The summed E-state index contributed by atoms with van der Waals surface area (Å²) in [5, 5.41) is 15.7. The first kappa shape index (κ1) is 24.0. The topological polar surface area (TPSA) is 103 Å². The zero-order valence-electron chi connectivity index (χ0n) is 19.4. The van der Waals surface area contributed by atoms with Gasteiger partial charge in [0.05, 0.1) is 19.0 Å². The zero-order chi connectivity index (χ0) is 23.5. The van der Waals surface area contributed by atoms with Gasteiger partial charge in [0.25, 0.3) is 0 Å². The van der Waals surface area contributed by atoms with Crippen molar-refractivity contribution < 1.29 is 14.3 Å². The number of aromatic nitrogens is 1. The Balaban J connectivity index is 1.65. The molecule has 1 aromatic heterocycles. The Morgan fingerprint density at radius 2 is 2.09 bits per heavy atom. The molecule has 1 aromatic rings. The Morgan fingerprint density at radius 1 is 1.34 bits per heavy atom. The van der Waals surface area contributed by atoms with Gasteiger partial charge in [-0.25, -0.2) is 9.78 Å². The summed E-state index contributed by atoms with van der Waals surface area (Å²) in [6, 6.07) is 1.84. The summed E-state index contributed by atoms with van der Waals surface area (Å²) in [6.07, 6.45) is 2.97. The van der Waals surface area contributed by atoms with Gasteiger partial charge in [-0.3, -0.25) is 5.41 Å². The van der Waals surface area contributed by atoms with Crippen LogP contribution in [0.1, 0.15) is 33.6 Å². The van der Waals surface area contributed by atoms with E-state index >= 15 is 0 Å². The smallest absolute Gasteiger partial charge is 0.410 e. The summed E-state index contributed by atoms with van der Waals surface area (Å²) < 4.78 is 10.6. The van der Waals surface area contributed by atoms with Crippen LogP contribution in [0.4, 0.5) is 10.5 Å². The number of hydrogen-bond acceptors (Lipinski definition) is 7. The van der Waals surface area contributed by atoms with E-state index in [1.165, 1.54) is 7.11 Å². The molecular formula is C22H33ClN6O3. The van der Waals surface area contributed by atoms with Crippen LogP contribution in [0, 0.1) is 5.41 Å². The van der Waals surface area contributed by atoms with Gasteiger partial charge in [0.1, 0.15) is 16.5 Å². The average molecular weight is 465 g/mol. The third-order valence-corrected chi connectivity index (χ3v) is 5.76. The lowest BCUT2D eigenvalue weighted by Crippen LogP contribution is -2.44. The molecule has 2 aliphatic heterocycles. The second-order valence-corrected chi connectivity index (χ2v) is 9.40. The van der Waals surface area contributed by atoms with Gasteiger partial charge >= 0.3 is 6.09 Å². The van der Waals surface area contributed by atoms with Crippen LogP contribution >= 0.6 is 11.6 Å². The van der Waals surface area contributed by atoms with Gasteiger partial charge in [0, 0.05) is 57.0 Å². The van der Waals surface area contributed by atoms with E-state index in [1.807, 2.05) is 33.9 Å². The standard InChI is InChI=1S/C22H33ClN6O3/c1-22(2,3)32-21(30)29-8-6-14(12-29)27-19(24)16-13-28(9-7-18(16)25-4)15-10-17(23)20(31-5)26-11-15/h10-11,14,25H,6-9,12-13H2,1-5H3,(H2,24,27)/t14-/m0/s1. The van der Waals surface area contributed by atoms with Crippen molar-refractivity contribution in [3.63, 3.8) is 0 Å². The van der Waals surface area contributed by atoms with E-state index in [4.69, 9.17) is 26.5 Å². The SMILES string of the molecule is CNC1=C(C(=N)N[C@H]2CCN(C(=O)OC(C)(C)C)C2)CN(c2cnc(OC)c(Cl)c2)CC1. The second kappa shape index (κ2) is 9.85. The first-order valence-corrected chi connectivity index (χ1v) is 11.2. The molecule has 0 spiro atoms. The molecule has 0 aliphatic carbocycles. The maximum absolute atomic E-state index is 12.3. The summed E-state index contributed by atoms with van der Waals surface area (Å²) in [5.41, 5.74) is 2.29. The first-order valence-electron chi connectivity index (χ1n) is 10.8. The summed E-state index contributed by atoms with van der Waals surface area (Å²) >= 11 is 6.26. The molecule has 10 heteroatoms. The normalized spacial score (nSPS) is 19.1. The number of nitrogens with one attached hydrogen (secondary N) is 3. The summed E-state index contributed by atoms with van der Waals surface area (Å²) in [7, 11) is 3.42. The third-order valence-electron chi connectivity index (χ3n) is 5.49. The number of methoxy groups -OCH3 is 1. The molecule has 3 N–H and O–H groups in total. The highest BCUT2D eigenvalue weighted by atomic mass is 35.5. The van der Waals surface area contributed by atoms with E-state index in [2.05, 4.69) is 20.5 Å². The predicted molar refractivity (Wildman–Crippen MR) is 126 cm³/mol. The van der Waals surface area contributed by atoms with E-state index < -0.39 is 5.60 Å². The Bertz CT molecular complexity index is 898. The monoisotopic (exact) mass is 464 g/mol. The van der Waals surface area contributed by atoms with Crippen molar-refractivity contribution in [2.24, 2.45) is 0 Å². The minimum absolute atomic E-state index is 0.00750. The lowest BCUT2D eigenvalue weighted by molar-refractivity contribution is 0.0292. The Hall–Kier alpha value is -2.68. The van der Waals surface area contributed by atoms with Crippen LogP contribution in [0.5, 0.6) is 5.88 Å². The molecule has 176 valence electrons. The molecule has 3 heterocycles. The fourth-order valence-corrected chi connectivity index (χ4v) is 4.13. The number of carbonyl (C=O) groups excluding carboxylic acids is 1. The molecule has 1 atom stereocenters. The molecule has 3 rings (SSSR count). The van der Waals surface area contributed by atoms with Crippen LogP contribution in [0.15, 0.2) is 23.5 Å². The third kappa shape index (κ3) is 5.76. The molecule has 2 aliphatic rings.